The first-order valence-electron chi connectivity index (χ1n) is 33.9. The number of hydrogen-bond donors (Lipinski definition) is 6. The van der Waals surface area contributed by atoms with Gasteiger partial charge in [-0.1, -0.05) is 275 Å². The van der Waals surface area contributed by atoms with E-state index in [1.807, 2.05) is 6.08 Å². The molecular formula is C69H127NO10. The molecule has 1 saturated heterocycles. The fraction of sp³-hybridized carbons (Fsp3) is 0.855. The third-order valence-corrected chi connectivity index (χ3v) is 16.0. The second-order valence-electron chi connectivity index (χ2n) is 23.6. The summed E-state index contributed by atoms with van der Waals surface area (Å²) in [5.74, 6) is -1.20. The van der Waals surface area contributed by atoms with Crippen molar-refractivity contribution in [2.45, 2.75) is 365 Å². The van der Waals surface area contributed by atoms with Gasteiger partial charge in [-0.05, 0) is 83.5 Å². The maximum absolute atomic E-state index is 13.5. The number of aliphatic hydroxyl groups is 5. The van der Waals surface area contributed by atoms with E-state index in [9.17, 15) is 35.1 Å². The zero-order valence-electron chi connectivity index (χ0n) is 52.0. The number of aliphatic hydroxyl groups excluding tert-OH is 5. The molecule has 1 fully saturated rings. The Morgan fingerprint density at radius 3 is 1.31 bits per heavy atom. The molecule has 468 valence electrons. The van der Waals surface area contributed by atoms with Gasteiger partial charge in [0.15, 0.2) is 12.4 Å². The van der Waals surface area contributed by atoms with Crippen LogP contribution < -0.4 is 5.32 Å². The largest absolute Gasteiger partial charge is 0.454 e. The van der Waals surface area contributed by atoms with Crippen molar-refractivity contribution in [3.05, 3.63) is 48.6 Å². The summed E-state index contributed by atoms with van der Waals surface area (Å²) in [6.07, 6.45) is 60.1. The molecule has 0 spiro atoms. The number of carbonyl (C=O) groups excluding carboxylic acids is 2. The van der Waals surface area contributed by atoms with Crippen LogP contribution in [-0.4, -0.2) is 99.6 Å². The number of amides is 1. The predicted molar refractivity (Wildman–Crippen MR) is 334 cm³/mol. The van der Waals surface area contributed by atoms with E-state index in [4.69, 9.17) is 14.2 Å². The molecule has 0 bridgehead atoms. The average molecular weight is 1130 g/mol. The Labute approximate surface area is 491 Å². The number of esters is 1. The molecule has 1 amide bonds. The van der Waals surface area contributed by atoms with Gasteiger partial charge in [-0.3, -0.25) is 9.59 Å². The quantitative estimate of drug-likeness (QED) is 0.0195. The molecule has 8 unspecified atom stereocenters. The van der Waals surface area contributed by atoms with Crippen molar-refractivity contribution in [1.82, 2.24) is 5.32 Å². The third kappa shape index (κ3) is 44.2. The van der Waals surface area contributed by atoms with Crippen LogP contribution in [0.2, 0.25) is 0 Å². The molecule has 0 aromatic carbocycles. The lowest BCUT2D eigenvalue weighted by molar-refractivity contribution is -0.305. The van der Waals surface area contributed by atoms with E-state index < -0.39 is 67.4 Å². The fourth-order valence-corrected chi connectivity index (χ4v) is 10.6. The smallest absolute Gasteiger partial charge is 0.306 e. The molecule has 80 heavy (non-hydrogen) atoms. The van der Waals surface area contributed by atoms with Gasteiger partial charge in [-0.15, -0.1) is 0 Å². The highest BCUT2D eigenvalue weighted by Crippen LogP contribution is 2.26. The highest BCUT2D eigenvalue weighted by molar-refractivity contribution is 5.80. The maximum Gasteiger partial charge on any atom is 0.306 e. The lowest BCUT2D eigenvalue weighted by Crippen LogP contribution is -2.61. The lowest BCUT2D eigenvalue weighted by Gasteiger charge is -2.41. The lowest BCUT2D eigenvalue weighted by atomic mass is 9.99. The predicted octanol–water partition coefficient (Wildman–Crippen LogP) is 16.8. The number of hydrogen-bond acceptors (Lipinski definition) is 10. The van der Waals surface area contributed by atoms with Gasteiger partial charge in [-0.2, -0.15) is 0 Å². The summed E-state index contributed by atoms with van der Waals surface area (Å²) in [5, 5.41) is 57.1. The van der Waals surface area contributed by atoms with Crippen molar-refractivity contribution in [1.29, 1.82) is 0 Å². The molecule has 1 aliphatic rings. The number of nitrogens with one attached hydrogen (secondary N) is 1. The van der Waals surface area contributed by atoms with Gasteiger partial charge >= 0.3 is 5.97 Å². The van der Waals surface area contributed by atoms with Crippen LogP contribution in [0, 0.1) is 0 Å². The molecule has 0 aromatic rings. The maximum atomic E-state index is 13.5. The first-order chi connectivity index (χ1) is 39.2. The van der Waals surface area contributed by atoms with Gasteiger partial charge in [0.05, 0.1) is 25.4 Å². The Morgan fingerprint density at radius 2 is 0.863 bits per heavy atom. The molecule has 11 nitrogen and oxygen atoms in total. The van der Waals surface area contributed by atoms with Crippen molar-refractivity contribution in [2.75, 3.05) is 13.2 Å². The molecule has 0 aromatic heterocycles. The van der Waals surface area contributed by atoms with Crippen LogP contribution in [0.15, 0.2) is 48.6 Å². The fourth-order valence-electron chi connectivity index (χ4n) is 10.6. The Hall–Kier alpha value is -2.38. The number of carbonyl (C=O) groups is 2. The summed E-state index contributed by atoms with van der Waals surface area (Å²) in [6, 6.07) is -1.03. The Balaban J connectivity index is 2.60. The van der Waals surface area contributed by atoms with Gasteiger partial charge in [0.1, 0.15) is 24.4 Å². The van der Waals surface area contributed by atoms with E-state index in [1.165, 1.54) is 199 Å². The topological polar surface area (TPSA) is 175 Å². The summed E-state index contributed by atoms with van der Waals surface area (Å²) in [5.41, 5.74) is 0. The first-order valence-corrected chi connectivity index (χ1v) is 33.9. The van der Waals surface area contributed by atoms with Crippen molar-refractivity contribution in [3.63, 3.8) is 0 Å². The van der Waals surface area contributed by atoms with Crippen molar-refractivity contribution in [2.24, 2.45) is 0 Å². The van der Waals surface area contributed by atoms with Crippen LogP contribution in [0.25, 0.3) is 0 Å². The van der Waals surface area contributed by atoms with Gasteiger partial charge in [0.2, 0.25) is 5.91 Å². The monoisotopic (exact) mass is 1130 g/mol. The summed E-state index contributed by atoms with van der Waals surface area (Å²) >= 11 is 0. The van der Waals surface area contributed by atoms with Crippen LogP contribution in [0.3, 0.4) is 0 Å². The molecule has 8 atom stereocenters. The normalized spacial score (nSPS) is 19.0. The SMILES string of the molecule is CCCCC/C=C\C/C=C\CCCCCCCCCCCCCCCCC(O)C(=O)NC(COC1OC(CO)C(O)C(O)C1OC(=O)CCCCC/C=C\CCCCCCCCC)C(O)/C=C/CCCCCCCCCCCCC. The number of allylic oxidation sites excluding steroid dienone is 7. The summed E-state index contributed by atoms with van der Waals surface area (Å²) in [7, 11) is 0. The highest BCUT2D eigenvalue weighted by atomic mass is 16.7. The Kier molecular flexibility index (Phi) is 54.0. The third-order valence-electron chi connectivity index (χ3n) is 16.0. The van der Waals surface area contributed by atoms with Gasteiger partial charge in [0, 0.05) is 6.42 Å². The average Bonchev–Trinajstić information content (AvgIpc) is 3.51. The van der Waals surface area contributed by atoms with Crippen LogP contribution >= 0.6 is 0 Å². The molecule has 0 aliphatic carbocycles. The van der Waals surface area contributed by atoms with E-state index in [2.05, 4.69) is 62.5 Å². The Bertz CT molecular complexity index is 1490. The van der Waals surface area contributed by atoms with E-state index in [-0.39, 0.29) is 13.0 Å². The molecule has 11 heteroatoms. The van der Waals surface area contributed by atoms with E-state index >= 15 is 0 Å². The van der Waals surface area contributed by atoms with E-state index in [0.29, 0.717) is 19.3 Å². The van der Waals surface area contributed by atoms with E-state index in [0.717, 1.165) is 70.6 Å². The Morgan fingerprint density at radius 1 is 0.487 bits per heavy atom. The summed E-state index contributed by atoms with van der Waals surface area (Å²) in [4.78, 5) is 26.6. The number of unbranched alkanes of at least 4 members (excludes halogenated alkanes) is 38. The van der Waals surface area contributed by atoms with Crippen molar-refractivity contribution >= 4 is 11.9 Å². The minimum atomic E-state index is -1.62. The zero-order chi connectivity index (χ0) is 58.2. The molecule has 1 heterocycles. The molecule has 1 aliphatic heterocycles. The van der Waals surface area contributed by atoms with Crippen molar-refractivity contribution in [3.8, 4) is 0 Å². The molecular weight excluding hydrogens is 1000 g/mol. The highest BCUT2D eigenvalue weighted by Gasteiger charge is 2.47. The molecule has 0 saturated carbocycles. The molecule has 6 N–H and O–H groups in total. The molecule has 1 rings (SSSR count). The zero-order valence-corrected chi connectivity index (χ0v) is 52.0. The number of ether oxygens (including phenoxy) is 3. The summed E-state index contributed by atoms with van der Waals surface area (Å²) in [6.45, 7) is 5.78. The summed E-state index contributed by atoms with van der Waals surface area (Å²) < 4.78 is 17.6. The van der Waals surface area contributed by atoms with E-state index in [1.54, 1.807) is 6.08 Å². The first kappa shape index (κ1) is 75.6. The second-order valence-corrected chi connectivity index (χ2v) is 23.6. The van der Waals surface area contributed by atoms with Crippen LogP contribution in [0.1, 0.15) is 316 Å². The minimum absolute atomic E-state index is 0.105. The minimum Gasteiger partial charge on any atom is -0.454 e. The number of rotatable bonds is 58. The van der Waals surface area contributed by atoms with Gasteiger partial charge in [0.25, 0.3) is 0 Å². The van der Waals surface area contributed by atoms with Crippen LogP contribution in [0.4, 0.5) is 0 Å². The second kappa shape index (κ2) is 57.1. The van der Waals surface area contributed by atoms with Crippen LogP contribution in [-0.2, 0) is 23.8 Å². The van der Waals surface area contributed by atoms with Gasteiger partial charge in [-0.25, -0.2) is 0 Å². The standard InChI is InChI=1S/C69H127NO10/c1-4-7-10-13-16-19-22-25-27-28-29-30-31-32-33-34-35-36-38-41-44-47-50-53-56-62(73)68(77)70-60(61(72)55-52-49-46-43-40-37-24-21-18-15-12-9-6-3)59-78-69-67(66(76)65(75)63(58-71)79-69)80-64(74)57-54-51-48-45-42-39-26-23-20-17-14-11-8-5-2/h16,19,25,27,39,42,52,55,60-63,65-67,69,71-73,75-76H,4-15,17-18,20-24,26,28-38,40-41,43-51,53-54,56-59H2,1-3H3,(H,70,77)/b19-16-,27-25-,42-39-,55-52+. The van der Waals surface area contributed by atoms with Crippen molar-refractivity contribution < 1.29 is 49.3 Å². The molecule has 0 radical (unpaired) electrons. The van der Waals surface area contributed by atoms with Gasteiger partial charge < -0.3 is 45.1 Å². The van der Waals surface area contributed by atoms with Crippen LogP contribution in [0.5, 0.6) is 0 Å².